The Morgan fingerprint density at radius 1 is 1.50 bits per heavy atom. The van der Waals surface area contributed by atoms with Gasteiger partial charge in [0.15, 0.2) is 0 Å². The van der Waals surface area contributed by atoms with E-state index in [2.05, 4.69) is 5.32 Å². The van der Waals surface area contributed by atoms with Gasteiger partial charge >= 0.3 is 0 Å². The molecule has 1 aromatic carbocycles. The Morgan fingerprint density at radius 2 is 2.28 bits per heavy atom. The SMILES string of the molecule is CCN(C(=O)CNCc1cccc(Cl)c1)C1CC1. The van der Waals surface area contributed by atoms with E-state index in [0.29, 0.717) is 19.1 Å². The van der Waals surface area contributed by atoms with Gasteiger partial charge in [-0.2, -0.15) is 0 Å². The average molecular weight is 267 g/mol. The Morgan fingerprint density at radius 3 is 2.89 bits per heavy atom. The van der Waals surface area contributed by atoms with Gasteiger partial charge in [-0.05, 0) is 37.5 Å². The molecule has 0 radical (unpaired) electrons. The highest BCUT2D eigenvalue weighted by atomic mass is 35.5. The Bertz CT molecular complexity index is 418. The number of nitrogens with one attached hydrogen (secondary N) is 1. The number of benzene rings is 1. The molecule has 0 atom stereocenters. The molecule has 1 aromatic rings. The number of halogens is 1. The van der Waals surface area contributed by atoms with Crippen LogP contribution in [0.1, 0.15) is 25.3 Å². The maximum atomic E-state index is 12.0. The van der Waals surface area contributed by atoms with Crippen molar-refractivity contribution in [1.29, 1.82) is 0 Å². The lowest BCUT2D eigenvalue weighted by Crippen LogP contribution is -2.39. The molecule has 4 heteroatoms. The first kappa shape index (κ1) is 13.4. The number of carbonyl (C=O) groups excluding carboxylic acids is 1. The first-order valence-corrected chi connectivity index (χ1v) is 6.83. The highest BCUT2D eigenvalue weighted by Crippen LogP contribution is 2.26. The monoisotopic (exact) mass is 266 g/mol. The summed E-state index contributed by atoms with van der Waals surface area (Å²) in [5.41, 5.74) is 1.10. The molecule has 0 aliphatic heterocycles. The second kappa shape index (κ2) is 6.21. The molecule has 2 rings (SSSR count). The summed E-state index contributed by atoms with van der Waals surface area (Å²) >= 11 is 5.91. The molecule has 0 aromatic heterocycles. The summed E-state index contributed by atoms with van der Waals surface area (Å²) in [6, 6.07) is 8.18. The van der Waals surface area contributed by atoms with E-state index in [1.54, 1.807) is 0 Å². The first-order valence-electron chi connectivity index (χ1n) is 6.45. The van der Waals surface area contributed by atoms with Crippen molar-refractivity contribution in [3.8, 4) is 0 Å². The lowest BCUT2D eigenvalue weighted by Gasteiger charge is -2.20. The maximum Gasteiger partial charge on any atom is 0.236 e. The highest BCUT2D eigenvalue weighted by Gasteiger charge is 2.30. The molecule has 0 bridgehead atoms. The van der Waals surface area contributed by atoms with Crippen LogP contribution in [-0.4, -0.2) is 29.9 Å². The lowest BCUT2D eigenvalue weighted by atomic mass is 10.2. The third kappa shape index (κ3) is 3.72. The van der Waals surface area contributed by atoms with Crippen LogP contribution < -0.4 is 5.32 Å². The normalized spacial score (nSPS) is 14.6. The Labute approximate surface area is 113 Å². The van der Waals surface area contributed by atoms with Crippen molar-refractivity contribution in [1.82, 2.24) is 10.2 Å². The summed E-state index contributed by atoms with van der Waals surface area (Å²) in [7, 11) is 0. The average Bonchev–Trinajstić information content (AvgIpc) is 3.14. The summed E-state index contributed by atoms with van der Waals surface area (Å²) in [5.74, 6) is 0.196. The van der Waals surface area contributed by atoms with Crippen molar-refractivity contribution < 1.29 is 4.79 Å². The second-order valence-electron chi connectivity index (χ2n) is 4.64. The molecular formula is C14H19ClN2O. The van der Waals surface area contributed by atoms with Gasteiger partial charge in [0.2, 0.25) is 5.91 Å². The predicted molar refractivity (Wildman–Crippen MR) is 73.6 cm³/mol. The van der Waals surface area contributed by atoms with Crippen LogP contribution in [0, 0.1) is 0 Å². The molecule has 1 aliphatic carbocycles. The van der Waals surface area contributed by atoms with Crippen molar-refractivity contribution in [2.24, 2.45) is 0 Å². The van der Waals surface area contributed by atoms with Crippen molar-refractivity contribution in [3.63, 3.8) is 0 Å². The van der Waals surface area contributed by atoms with Gasteiger partial charge in [0, 0.05) is 24.2 Å². The standard InChI is InChI=1S/C14H19ClN2O/c1-2-17(13-6-7-13)14(18)10-16-9-11-4-3-5-12(15)8-11/h3-5,8,13,16H,2,6-7,9-10H2,1H3. The van der Waals surface area contributed by atoms with Crippen LogP contribution >= 0.6 is 11.6 Å². The molecule has 0 heterocycles. The van der Waals surface area contributed by atoms with Gasteiger partial charge in [0.25, 0.3) is 0 Å². The van der Waals surface area contributed by atoms with E-state index in [0.717, 1.165) is 30.0 Å². The van der Waals surface area contributed by atoms with E-state index >= 15 is 0 Å². The Balaban J connectivity index is 1.76. The van der Waals surface area contributed by atoms with Gasteiger partial charge in [-0.3, -0.25) is 4.79 Å². The molecule has 18 heavy (non-hydrogen) atoms. The fraction of sp³-hybridized carbons (Fsp3) is 0.500. The van der Waals surface area contributed by atoms with E-state index in [-0.39, 0.29) is 5.91 Å². The zero-order chi connectivity index (χ0) is 13.0. The topological polar surface area (TPSA) is 32.3 Å². The van der Waals surface area contributed by atoms with Crippen LogP contribution in [0.4, 0.5) is 0 Å². The van der Waals surface area contributed by atoms with Crippen molar-refractivity contribution in [2.75, 3.05) is 13.1 Å². The minimum atomic E-state index is 0.196. The molecule has 1 N–H and O–H groups in total. The van der Waals surface area contributed by atoms with Crippen LogP contribution in [0.5, 0.6) is 0 Å². The smallest absolute Gasteiger partial charge is 0.236 e. The van der Waals surface area contributed by atoms with Gasteiger partial charge in [-0.25, -0.2) is 0 Å². The minimum Gasteiger partial charge on any atom is -0.339 e. The number of hydrogen-bond donors (Lipinski definition) is 1. The fourth-order valence-corrected chi connectivity index (χ4v) is 2.30. The summed E-state index contributed by atoms with van der Waals surface area (Å²) in [5, 5.41) is 3.91. The third-order valence-corrected chi connectivity index (χ3v) is 3.38. The second-order valence-corrected chi connectivity index (χ2v) is 5.08. The van der Waals surface area contributed by atoms with Crippen molar-refractivity contribution >= 4 is 17.5 Å². The van der Waals surface area contributed by atoms with Crippen LogP contribution in [0.2, 0.25) is 5.02 Å². The van der Waals surface area contributed by atoms with Crippen LogP contribution in [0.25, 0.3) is 0 Å². The van der Waals surface area contributed by atoms with Gasteiger partial charge < -0.3 is 10.2 Å². The number of likely N-dealkylation sites (N-methyl/N-ethyl adjacent to an activating group) is 1. The van der Waals surface area contributed by atoms with Gasteiger partial charge in [-0.1, -0.05) is 23.7 Å². The summed E-state index contributed by atoms with van der Waals surface area (Å²) in [6.07, 6.45) is 2.32. The Hall–Kier alpha value is -1.06. The summed E-state index contributed by atoms with van der Waals surface area (Å²) in [4.78, 5) is 13.9. The minimum absolute atomic E-state index is 0.196. The molecule has 98 valence electrons. The molecule has 0 unspecified atom stereocenters. The van der Waals surface area contributed by atoms with E-state index in [4.69, 9.17) is 11.6 Å². The van der Waals surface area contributed by atoms with Gasteiger partial charge in [0.05, 0.1) is 6.54 Å². The van der Waals surface area contributed by atoms with Gasteiger partial charge in [0.1, 0.15) is 0 Å². The number of nitrogens with zero attached hydrogens (tertiary/aromatic N) is 1. The van der Waals surface area contributed by atoms with Crippen LogP contribution in [-0.2, 0) is 11.3 Å². The molecule has 1 fully saturated rings. The zero-order valence-corrected chi connectivity index (χ0v) is 11.4. The zero-order valence-electron chi connectivity index (χ0n) is 10.7. The van der Waals surface area contributed by atoms with E-state index in [1.807, 2.05) is 36.1 Å². The largest absolute Gasteiger partial charge is 0.339 e. The molecule has 3 nitrogen and oxygen atoms in total. The summed E-state index contributed by atoms with van der Waals surface area (Å²) < 4.78 is 0. The van der Waals surface area contributed by atoms with Crippen molar-refractivity contribution in [2.45, 2.75) is 32.4 Å². The number of rotatable bonds is 6. The molecule has 1 saturated carbocycles. The van der Waals surface area contributed by atoms with Crippen LogP contribution in [0.3, 0.4) is 0 Å². The quantitative estimate of drug-likeness (QED) is 0.858. The third-order valence-electron chi connectivity index (χ3n) is 3.14. The fourth-order valence-electron chi connectivity index (χ4n) is 2.09. The molecular weight excluding hydrogens is 248 g/mol. The molecule has 1 amide bonds. The highest BCUT2D eigenvalue weighted by molar-refractivity contribution is 6.30. The van der Waals surface area contributed by atoms with Crippen LogP contribution in [0.15, 0.2) is 24.3 Å². The Kier molecular flexibility index (Phi) is 4.61. The molecule has 1 aliphatic rings. The number of carbonyl (C=O) groups is 1. The number of amides is 1. The van der Waals surface area contributed by atoms with E-state index in [1.165, 1.54) is 0 Å². The first-order chi connectivity index (χ1) is 8.70. The van der Waals surface area contributed by atoms with E-state index in [9.17, 15) is 4.79 Å². The maximum absolute atomic E-state index is 12.0. The summed E-state index contributed by atoms with van der Waals surface area (Å²) in [6.45, 7) is 3.92. The molecule has 0 saturated heterocycles. The van der Waals surface area contributed by atoms with Crippen molar-refractivity contribution in [3.05, 3.63) is 34.9 Å². The van der Waals surface area contributed by atoms with Gasteiger partial charge in [-0.15, -0.1) is 0 Å². The number of hydrogen-bond acceptors (Lipinski definition) is 2. The predicted octanol–water partition coefficient (Wildman–Crippen LogP) is 2.44. The van der Waals surface area contributed by atoms with E-state index < -0.39 is 0 Å². The molecule has 0 spiro atoms. The lowest BCUT2D eigenvalue weighted by molar-refractivity contribution is -0.130.